The molecule has 0 aliphatic rings. The van der Waals surface area contributed by atoms with E-state index in [0.717, 1.165) is 0 Å². The summed E-state index contributed by atoms with van der Waals surface area (Å²) in [6.07, 6.45) is 0.595. The summed E-state index contributed by atoms with van der Waals surface area (Å²) in [5.41, 5.74) is 0. The summed E-state index contributed by atoms with van der Waals surface area (Å²) in [5.74, 6) is 0.934. The maximum absolute atomic E-state index is 11.7. The topological polar surface area (TPSA) is 65.2 Å². The highest BCUT2D eigenvalue weighted by Crippen LogP contribution is 2.21. The van der Waals surface area contributed by atoms with Gasteiger partial charge in [-0.3, -0.25) is 4.79 Å². The van der Waals surface area contributed by atoms with Crippen LogP contribution in [0.15, 0.2) is 4.52 Å². The summed E-state index contributed by atoms with van der Waals surface area (Å²) < 4.78 is 10.1. The van der Waals surface area contributed by atoms with Crippen LogP contribution >= 0.6 is 11.8 Å². The second kappa shape index (κ2) is 7.41. The summed E-state index contributed by atoms with van der Waals surface area (Å²) in [5, 5.41) is 4.40. The van der Waals surface area contributed by atoms with Gasteiger partial charge in [0.15, 0.2) is 5.82 Å². The van der Waals surface area contributed by atoms with Crippen LogP contribution in [0.25, 0.3) is 0 Å². The van der Waals surface area contributed by atoms with Crippen molar-refractivity contribution in [2.45, 2.75) is 51.0 Å². The van der Waals surface area contributed by atoms with E-state index in [-0.39, 0.29) is 5.97 Å². The maximum atomic E-state index is 11.7. The van der Waals surface area contributed by atoms with E-state index >= 15 is 0 Å². The fourth-order valence-corrected chi connectivity index (χ4v) is 1.99. The second-order valence-corrected chi connectivity index (χ2v) is 5.69. The number of hydrogen-bond donors (Lipinski definition) is 0. The van der Waals surface area contributed by atoms with Crippen molar-refractivity contribution < 1.29 is 14.1 Å². The van der Waals surface area contributed by atoms with E-state index in [0.29, 0.717) is 35.7 Å². The third-order valence-electron chi connectivity index (χ3n) is 2.31. The number of rotatable bonds is 7. The van der Waals surface area contributed by atoms with Crippen LogP contribution in [0, 0.1) is 0 Å². The molecule has 1 atom stereocenters. The van der Waals surface area contributed by atoms with E-state index in [1.54, 1.807) is 18.7 Å². The van der Waals surface area contributed by atoms with E-state index in [2.05, 4.69) is 24.0 Å². The third kappa shape index (κ3) is 4.33. The van der Waals surface area contributed by atoms with Crippen LogP contribution < -0.4 is 0 Å². The molecule has 1 heterocycles. The minimum Gasteiger partial charge on any atom is -0.465 e. The number of carbonyl (C=O) groups is 1. The largest absolute Gasteiger partial charge is 0.465 e. The van der Waals surface area contributed by atoms with Gasteiger partial charge < -0.3 is 9.26 Å². The van der Waals surface area contributed by atoms with E-state index in [4.69, 9.17) is 9.26 Å². The molecule has 0 saturated heterocycles. The van der Waals surface area contributed by atoms with Gasteiger partial charge in [0.05, 0.1) is 12.4 Å². The molecule has 1 unspecified atom stereocenters. The summed E-state index contributed by atoms with van der Waals surface area (Å²) in [6.45, 7) is 8.26. The Balaban J connectivity index is 2.67. The van der Waals surface area contributed by atoms with Gasteiger partial charge in [-0.2, -0.15) is 16.7 Å². The van der Waals surface area contributed by atoms with Crippen LogP contribution in [-0.2, 0) is 15.3 Å². The Kier molecular flexibility index (Phi) is 6.18. The molecule has 0 N–H and O–H groups in total. The first kappa shape index (κ1) is 15.0. The van der Waals surface area contributed by atoms with Gasteiger partial charge in [0.1, 0.15) is 5.92 Å². The molecule has 0 saturated carbocycles. The standard InChI is InChI=1S/C12H20N2O3S/c1-5-9(12(15)16-6-2)11-13-10(14-17-11)7-18-8(3)4/h8-9H,5-7H2,1-4H3. The predicted octanol–water partition coefficient (Wildman–Crippen LogP) is 2.77. The van der Waals surface area contributed by atoms with Gasteiger partial charge in [-0.15, -0.1) is 0 Å². The van der Waals surface area contributed by atoms with Crippen molar-refractivity contribution in [3.05, 3.63) is 11.7 Å². The number of nitrogens with zero attached hydrogens (tertiary/aromatic N) is 2. The van der Waals surface area contributed by atoms with Crippen molar-refractivity contribution in [2.24, 2.45) is 0 Å². The normalized spacial score (nSPS) is 12.7. The summed E-state index contributed by atoms with van der Waals surface area (Å²) in [4.78, 5) is 16.0. The SMILES string of the molecule is CCOC(=O)C(CC)c1nc(CSC(C)C)no1. The molecular weight excluding hydrogens is 252 g/mol. The number of aromatic nitrogens is 2. The molecule has 1 rings (SSSR count). The van der Waals surface area contributed by atoms with Crippen molar-refractivity contribution in [1.29, 1.82) is 0 Å². The first-order chi connectivity index (χ1) is 8.58. The molecule has 1 aromatic rings. The molecule has 0 fully saturated rings. The smallest absolute Gasteiger partial charge is 0.318 e. The predicted molar refractivity (Wildman–Crippen MR) is 70.4 cm³/mol. The Morgan fingerprint density at radius 2 is 2.17 bits per heavy atom. The van der Waals surface area contributed by atoms with Crippen molar-refractivity contribution in [1.82, 2.24) is 10.1 Å². The quantitative estimate of drug-likeness (QED) is 0.711. The van der Waals surface area contributed by atoms with Gasteiger partial charge in [0.2, 0.25) is 5.89 Å². The van der Waals surface area contributed by atoms with Crippen molar-refractivity contribution in [2.75, 3.05) is 6.61 Å². The van der Waals surface area contributed by atoms with E-state index < -0.39 is 5.92 Å². The van der Waals surface area contributed by atoms with E-state index in [1.807, 2.05) is 6.92 Å². The number of carbonyl (C=O) groups excluding carboxylic acids is 1. The Hall–Kier alpha value is -1.04. The molecule has 18 heavy (non-hydrogen) atoms. The van der Waals surface area contributed by atoms with E-state index in [9.17, 15) is 4.79 Å². The minimum atomic E-state index is -0.449. The molecular formula is C12H20N2O3S. The summed E-state index contributed by atoms with van der Waals surface area (Å²) in [7, 11) is 0. The van der Waals surface area contributed by atoms with Crippen LogP contribution in [0.2, 0.25) is 0 Å². The molecule has 0 amide bonds. The Labute approximate surface area is 112 Å². The number of ether oxygens (including phenoxy) is 1. The number of esters is 1. The minimum absolute atomic E-state index is 0.299. The Bertz CT molecular complexity index is 379. The Morgan fingerprint density at radius 3 is 2.72 bits per heavy atom. The molecule has 0 aliphatic heterocycles. The fraction of sp³-hybridized carbons (Fsp3) is 0.750. The highest BCUT2D eigenvalue weighted by Gasteiger charge is 2.26. The highest BCUT2D eigenvalue weighted by atomic mass is 32.2. The zero-order chi connectivity index (χ0) is 13.5. The molecule has 102 valence electrons. The molecule has 5 nitrogen and oxygen atoms in total. The third-order valence-corrected chi connectivity index (χ3v) is 3.40. The lowest BCUT2D eigenvalue weighted by Crippen LogP contribution is -2.15. The van der Waals surface area contributed by atoms with Crippen molar-refractivity contribution in [3.63, 3.8) is 0 Å². The fourth-order valence-electron chi connectivity index (χ4n) is 1.39. The van der Waals surface area contributed by atoms with Gasteiger partial charge in [-0.25, -0.2) is 0 Å². The lowest BCUT2D eigenvalue weighted by atomic mass is 10.1. The molecule has 0 aliphatic carbocycles. The lowest BCUT2D eigenvalue weighted by molar-refractivity contribution is -0.145. The van der Waals surface area contributed by atoms with Crippen LogP contribution in [-0.4, -0.2) is 28.0 Å². The van der Waals surface area contributed by atoms with Crippen LogP contribution in [0.4, 0.5) is 0 Å². The average molecular weight is 272 g/mol. The van der Waals surface area contributed by atoms with E-state index in [1.165, 1.54) is 0 Å². The zero-order valence-corrected chi connectivity index (χ0v) is 12.1. The second-order valence-electron chi connectivity index (χ2n) is 4.12. The number of hydrogen-bond acceptors (Lipinski definition) is 6. The molecule has 0 spiro atoms. The number of thioether (sulfide) groups is 1. The van der Waals surface area contributed by atoms with Gasteiger partial charge in [0.25, 0.3) is 0 Å². The van der Waals surface area contributed by atoms with Crippen LogP contribution in [0.1, 0.15) is 51.7 Å². The highest BCUT2D eigenvalue weighted by molar-refractivity contribution is 7.99. The van der Waals surface area contributed by atoms with Crippen LogP contribution in [0.3, 0.4) is 0 Å². The van der Waals surface area contributed by atoms with Gasteiger partial charge in [0, 0.05) is 0 Å². The maximum Gasteiger partial charge on any atom is 0.318 e. The molecule has 1 aromatic heterocycles. The average Bonchev–Trinajstić information content (AvgIpc) is 2.76. The van der Waals surface area contributed by atoms with Gasteiger partial charge >= 0.3 is 5.97 Å². The zero-order valence-electron chi connectivity index (χ0n) is 11.3. The van der Waals surface area contributed by atoms with Gasteiger partial charge in [-0.05, 0) is 18.6 Å². The van der Waals surface area contributed by atoms with Crippen LogP contribution in [0.5, 0.6) is 0 Å². The lowest BCUT2D eigenvalue weighted by Gasteiger charge is -2.08. The Morgan fingerprint density at radius 1 is 1.44 bits per heavy atom. The van der Waals surface area contributed by atoms with Crippen molar-refractivity contribution >= 4 is 17.7 Å². The first-order valence-electron chi connectivity index (χ1n) is 6.19. The summed E-state index contributed by atoms with van der Waals surface area (Å²) in [6, 6.07) is 0. The van der Waals surface area contributed by atoms with Gasteiger partial charge in [-0.1, -0.05) is 25.9 Å². The molecule has 0 bridgehead atoms. The van der Waals surface area contributed by atoms with Crippen molar-refractivity contribution in [3.8, 4) is 0 Å². The molecule has 0 radical (unpaired) electrons. The monoisotopic (exact) mass is 272 g/mol. The molecule has 0 aromatic carbocycles. The summed E-state index contributed by atoms with van der Waals surface area (Å²) >= 11 is 1.73. The molecule has 6 heteroatoms. The first-order valence-corrected chi connectivity index (χ1v) is 7.24.